The van der Waals surface area contributed by atoms with Crippen molar-refractivity contribution < 1.29 is 14.2 Å². The molecule has 4 nitrogen and oxygen atoms in total. The number of nitrogens with one attached hydrogen (secondary N) is 1. The van der Waals surface area contributed by atoms with Crippen LogP contribution in [0.4, 0.5) is 4.39 Å². The Morgan fingerprint density at radius 3 is 2.57 bits per heavy atom. The third kappa shape index (κ3) is 4.15. The Morgan fingerprint density at radius 1 is 1.39 bits per heavy atom. The molecule has 0 radical (unpaired) electrons. The number of piperazine rings is 1. The van der Waals surface area contributed by atoms with E-state index in [0.29, 0.717) is 6.61 Å². The number of hydrogen-bond donors (Lipinski definition) is 2. The lowest BCUT2D eigenvalue weighted by atomic mass is 9.79. The van der Waals surface area contributed by atoms with E-state index in [1.807, 2.05) is 13.8 Å². The fourth-order valence-corrected chi connectivity index (χ4v) is 3.47. The first-order chi connectivity index (χ1) is 10.9. The molecular formula is C17H26ClFN2O2. The second-order valence-electron chi connectivity index (χ2n) is 6.58. The minimum absolute atomic E-state index is 0.00798. The van der Waals surface area contributed by atoms with Crippen molar-refractivity contribution in [2.24, 2.45) is 5.41 Å². The summed E-state index contributed by atoms with van der Waals surface area (Å²) >= 11 is 6.23. The number of nitrogens with zero attached hydrogens (tertiary/aromatic N) is 1. The van der Waals surface area contributed by atoms with Gasteiger partial charge in [-0.15, -0.1) is 0 Å². The van der Waals surface area contributed by atoms with E-state index in [1.165, 1.54) is 6.07 Å². The molecule has 1 aliphatic heterocycles. The van der Waals surface area contributed by atoms with Crippen LogP contribution in [0.5, 0.6) is 5.75 Å². The quantitative estimate of drug-likeness (QED) is 0.833. The average molecular weight is 345 g/mol. The van der Waals surface area contributed by atoms with E-state index in [9.17, 15) is 9.50 Å². The van der Waals surface area contributed by atoms with Gasteiger partial charge in [-0.25, -0.2) is 4.39 Å². The zero-order valence-corrected chi connectivity index (χ0v) is 14.8. The molecule has 0 bridgehead atoms. The van der Waals surface area contributed by atoms with Gasteiger partial charge in [-0.3, -0.25) is 4.90 Å². The lowest BCUT2D eigenvalue weighted by Gasteiger charge is -2.43. The summed E-state index contributed by atoms with van der Waals surface area (Å²) in [7, 11) is 0. The summed E-state index contributed by atoms with van der Waals surface area (Å²) in [6.07, 6.45) is 0. The van der Waals surface area contributed by atoms with Gasteiger partial charge < -0.3 is 15.2 Å². The van der Waals surface area contributed by atoms with Crippen molar-refractivity contribution in [1.82, 2.24) is 10.2 Å². The first-order valence-corrected chi connectivity index (χ1v) is 8.46. The van der Waals surface area contributed by atoms with Crippen LogP contribution in [0.1, 0.15) is 32.4 Å². The molecule has 23 heavy (non-hydrogen) atoms. The van der Waals surface area contributed by atoms with Crippen molar-refractivity contribution in [3.63, 3.8) is 0 Å². The predicted octanol–water partition coefficient (Wildman–Crippen LogP) is 2.84. The highest BCUT2D eigenvalue weighted by atomic mass is 35.5. The van der Waals surface area contributed by atoms with E-state index in [0.717, 1.165) is 31.7 Å². The van der Waals surface area contributed by atoms with Crippen molar-refractivity contribution in [2.45, 2.75) is 26.8 Å². The lowest BCUT2D eigenvalue weighted by molar-refractivity contribution is 0.0303. The fraction of sp³-hybridized carbons (Fsp3) is 0.647. The van der Waals surface area contributed by atoms with Crippen molar-refractivity contribution in [2.75, 3.05) is 39.4 Å². The Morgan fingerprint density at radius 2 is 2.04 bits per heavy atom. The van der Waals surface area contributed by atoms with E-state index in [2.05, 4.69) is 10.2 Å². The highest BCUT2D eigenvalue weighted by Gasteiger charge is 2.36. The van der Waals surface area contributed by atoms with Gasteiger partial charge in [0.15, 0.2) is 11.6 Å². The monoisotopic (exact) mass is 344 g/mol. The number of halogens is 2. The molecule has 2 N–H and O–H groups in total. The lowest BCUT2D eigenvalue weighted by Crippen LogP contribution is -2.49. The first kappa shape index (κ1) is 18.5. The molecule has 1 aromatic rings. The van der Waals surface area contributed by atoms with E-state index in [1.54, 1.807) is 13.0 Å². The standard InChI is InChI=1S/C17H26ClFN2O2/c1-4-23-15-13(18)9-12(10-14(15)19)16(17(2,3)11-22)21-7-5-20-6-8-21/h9-10,16,20,22H,4-8,11H2,1-3H3/t16-/m0/s1. The van der Waals surface area contributed by atoms with Crippen LogP contribution in [0.3, 0.4) is 0 Å². The molecule has 0 aromatic heterocycles. The molecule has 1 aromatic carbocycles. The maximum atomic E-state index is 14.4. The molecule has 1 aliphatic rings. The molecule has 1 saturated heterocycles. The Hall–Kier alpha value is -0.880. The average Bonchev–Trinajstić information content (AvgIpc) is 2.52. The summed E-state index contributed by atoms with van der Waals surface area (Å²) < 4.78 is 19.7. The number of aliphatic hydroxyl groups is 1. The van der Waals surface area contributed by atoms with Crippen molar-refractivity contribution in [3.05, 3.63) is 28.5 Å². The molecule has 6 heteroatoms. The first-order valence-electron chi connectivity index (χ1n) is 8.08. The molecule has 0 unspecified atom stereocenters. The minimum atomic E-state index is -0.455. The van der Waals surface area contributed by atoms with Crippen LogP contribution in [0.2, 0.25) is 5.02 Å². The van der Waals surface area contributed by atoms with Crippen LogP contribution in [0.25, 0.3) is 0 Å². The van der Waals surface area contributed by atoms with Gasteiger partial charge in [0.1, 0.15) is 0 Å². The largest absolute Gasteiger partial charge is 0.489 e. The number of rotatable bonds is 6. The van der Waals surface area contributed by atoms with Crippen LogP contribution in [0, 0.1) is 11.2 Å². The fourth-order valence-electron chi connectivity index (χ4n) is 3.20. The third-order valence-electron chi connectivity index (χ3n) is 4.29. The molecule has 1 atom stereocenters. The van der Waals surface area contributed by atoms with Crippen LogP contribution in [-0.4, -0.2) is 49.4 Å². The summed E-state index contributed by atoms with van der Waals surface area (Å²) in [5.74, 6) is -0.359. The number of aliphatic hydroxyl groups excluding tert-OH is 1. The Labute approximate surface area is 142 Å². The van der Waals surface area contributed by atoms with Gasteiger partial charge in [0.2, 0.25) is 0 Å². The summed E-state index contributed by atoms with van der Waals surface area (Å²) in [5, 5.41) is 13.4. The normalized spacial score (nSPS) is 18.0. The van der Waals surface area contributed by atoms with Crippen molar-refractivity contribution in [3.8, 4) is 5.75 Å². The van der Waals surface area contributed by atoms with Crippen molar-refractivity contribution >= 4 is 11.6 Å². The van der Waals surface area contributed by atoms with Gasteiger partial charge in [-0.05, 0) is 24.6 Å². The Bertz CT molecular complexity index is 510. The molecular weight excluding hydrogens is 319 g/mol. The number of ether oxygens (including phenoxy) is 1. The van der Waals surface area contributed by atoms with Crippen LogP contribution in [0.15, 0.2) is 12.1 Å². The predicted molar refractivity (Wildman–Crippen MR) is 90.6 cm³/mol. The Balaban J connectivity index is 2.42. The number of hydrogen-bond acceptors (Lipinski definition) is 4. The zero-order chi connectivity index (χ0) is 17.0. The molecule has 0 amide bonds. The highest BCUT2D eigenvalue weighted by molar-refractivity contribution is 6.32. The van der Waals surface area contributed by atoms with Crippen LogP contribution < -0.4 is 10.1 Å². The molecule has 1 heterocycles. The van der Waals surface area contributed by atoms with Crippen LogP contribution >= 0.6 is 11.6 Å². The second kappa shape index (κ2) is 7.79. The molecule has 0 saturated carbocycles. The summed E-state index contributed by atoms with van der Waals surface area (Å²) in [5.41, 5.74) is 0.358. The van der Waals surface area contributed by atoms with Gasteiger partial charge in [-0.1, -0.05) is 25.4 Å². The van der Waals surface area contributed by atoms with Gasteiger partial charge in [0.25, 0.3) is 0 Å². The molecule has 0 spiro atoms. The number of benzene rings is 1. The molecule has 2 rings (SSSR count). The smallest absolute Gasteiger partial charge is 0.173 e. The molecule has 0 aliphatic carbocycles. The molecule has 130 valence electrons. The maximum Gasteiger partial charge on any atom is 0.173 e. The summed E-state index contributed by atoms with van der Waals surface area (Å²) in [4.78, 5) is 2.28. The summed E-state index contributed by atoms with van der Waals surface area (Å²) in [6, 6.07) is 3.14. The second-order valence-corrected chi connectivity index (χ2v) is 6.99. The maximum absolute atomic E-state index is 14.4. The zero-order valence-electron chi connectivity index (χ0n) is 14.0. The van der Waals surface area contributed by atoms with Gasteiger partial charge >= 0.3 is 0 Å². The minimum Gasteiger partial charge on any atom is -0.489 e. The summed E-state index contributed by atoms with van der Waals surface area (Å²) in [6.45, 7) is 9.59. The van der Waals surface area contributed by atoms with E-state index < -0.39 is 11.2 Å². The van der Waals surface area contributed by atoms with Gasteiger partial charge in [-0.2, -0.15) is 0 Å². The SMILES string of the molecule is CCOc1c(F)cc([C@H](N2CCNCC2)C(C)(C)CO)cc1Cl. The van der Waals surface area contributed by atoms with E-state index >= 15 is 0 Å². The van der Waals surface area contributed by atoms with Crippen molar-refractivity contribution in [1.29, 1.82) is 0 Å². The third-order valence-corrected chi connectivity index (χ3v) is 4.57. The highest BCUT2D eigenvalue weighted by Crippen LogP contribution is 2.41. The topological polar surface area (TPSA) is 44.7 Å². The van der Waals surface area contributed by atoms with Gasteiger partial charge in [0.05, 0.1) is 11.6 Å². The van der Waals surface area contributed by atoms with Crippen LogP contribution in [-0.2, 0) is 0 Å². The van der Waals surface area contributed by atoms with E-state index in [-0.39, 0.29) is 23.4 Å². The molecule has 1 fully saturated rings. The van der Waals surface area contributed by atoms with E-state index in [4.69, 9.17) is 16.3 Å². The van der Waals surface area contributed by atoms with Gasteiger partial charge in [0, 0.05) is 44.2 Å². The Kier molecular flexibility index (Phi) is 6.26.